The molecular formula is C25H16ClNO7. The maximum atomic E-state index is 12.9. The van der Waals surface area contributed by atoms with Crippen molar-refractivity contribution in [2.24, 2.45) is 0 Å². The summed E-state index contributed by atoms with van der Waals surface area (Å²) in [6.07, 6.45) is 0. The van der Waals surface area contributed by atoms with Crippen LogP contribution < -0.4 is 5.32 Å². The maximum absolute atomic E-state index is 12.9. The van der Waals surface area contributed by atoms with E-state index in [9.17, 15) is 24.0 Å². The minimum absolute atomic E-state index is 0.0797. The second-order valence-electron chi connectivity index (χ2n) is 7.25. The molecule has 0 spiro atoms. The van der Waals surface area contributed by atoms with E-state index in [1.807, 2.05) is 0 Å². The first-order valence-electron chi connectivity index (χ1n) is 9.98. The quantitative estimate of drug-likeness (QED) is 0.436. The predicted octanol–water partition coefficient (Wildman–Crippen LogP) is 3.70. The van der Waals surface area contributed by atoms with Crippen LogP contribution in [0.5, 0.6) is 0 Å². The van der Waals surface area contributed by atoms with Gasteiger partial charge in [0.25, 0.3) is 5.91 Å². The van der Waals surface area contributed by atoms with Crippen LogP contribution in [-0.4, -0.2) is 43.1 Å². The molecule has 4 rings (SSSR count). The number of fused-ring (bicyclic) bond motifs is 2. The SMILES string of the molecule is COC(=O)c1cccc(NC(=O)COC(=O)c2ccc3c(c2Cl)C(=O)c2ccccc2C3=O)c1. The highest BCUT2D eigenvalue weighted by atomic mass is 35.5. The molecule has 0 aliphatic heterocycles. The van der Waals surface area contributed by atoms with Gasteiger partial charge in [0.2, 0.25) is 0 Å². The van der Waals surface area contributed by atoms with Crippen molar-refractivity contribution in [3.63, 3.8) is 0 Å². The van der Waals surface area contributed by atoms with Crippen LogP contribution in [0.15, 0.2) is 60.7 Å². The zero-order chi connectivity index (χ0) is 24.4. The number of ether oxygens (including phenoxy) is 2. The molecule has 1 aliphatic carbocycles. The Balaban J connectivity index is 1.48. The van der Waals surface area contributed by atoms with Gasteiger partial charge in [-0.25, -0.2) is 9.59 Å². The van der Waals surface area contributed by atoms with Crippen LogP contribution in [0.3, 0.4) is 0 Å². The molecule has 8 nitrogen and oxygen atoms in total. The molecule has 0 aromatic heterocycles. The highest BCUT2D eigenvalue weighted by Gasteiger charge is 2.33. The fraction of sp³-hybridized carbons (Fsp3) is 0.0800. The molecule has 0 unspecified atom stereocenters. The minimum atomic E-state index is -0.939. The van der Waals surface area contributed by atoms with E-state index in [2.05, 4.69) is 10.1 Å². The standard InChI is InChI=1S/C25H16ClNO7/c1-33-24(31)13-5-4-6-14(11-13)27-19(28)12-34-25(32)18-10-9-17-20(21(18)26)23(30)16-8-3-2-7-15(16)22(17)29/h2-11H,12H2,1H3,(H,27,28). The Bertz CT molecular complexity index is 1380. The lowest BCUT2D eigenvalue weighted by molar-refractivity contribution is -0.119. The average molecular weight is 478 g/mol. The summed E-state index contributed by atoms with van der Waals surface area (Å²) in [7, 11) is 1.24. The van der Waals surface area contributed by atoms with Crippen LogP contribution in [-0.2, 0) is 14.3 Å². The highest BCUT2D eigenvalue weighted by molar-refractivity contribution is 6.41. The monoisotopic (exact) mass is 477 g/mol. The number of esters is 2. The summed E-state index contributed by atoms with van der Waals surface area (Å²) in [4.78, 5) is 62.1. The molecule has 0 saturated heterocycles. The van der Waals surface area contributed by atoms with Gasteiger partial charge >= 0.3 is 11.9 Å². The molecular weight excluding hydrogens is 462 g/mol. The molecule has 0 heterocycles. The Morgan fingerprint density at radius 3 is 2.26 bits per heavy atom. The number of hydrogen-bond donors (Lipinski definition) is 1. The molecule has 9 heteroatoms. The van der Waals surface area contributed by atoms with E-state index in [4.69, 9.17) is 16.3 Å². The van der Waals surface area contributed by atoms with Gasteiger partial charge in [0.1, 0.15) is 0 Å². The highest BCUT2D eigenvalue weighted by Crippen LogP contribution is 2.34. The van der Waals surface area contributed by atoms with Crippen LogP contribution in [0.25, 0.3) is 0 Å². The average Bonchev–Trinajstić information content (AvgIpc) is 2.85. The van der Waals surface area contributed by atoms with E-state index in [0.717, 1.165) is 0 Å². The van der Waals surface area contributed by atoms with E-state index >= 15 is 0 Å². The van der Waals surface area contributed by atoms with Gasteiger partial charge in [-0.15, -0.1) is 0 Å². The van der Waals surface area contributed by atoms with Gasteiger partial charge in [0.15, 0.2) is 18.2 Å². The molecule has 0 fully saturated rings. The predicted molar refractivity (Wildman–Crippen MR) is 121 cm³/mol. The van der Waals surface area contributed by atoms with Crippen LogP contribution in [0.1, 0.15) is 52.6 Å². The van der Waals surface area contributed by atoms with Gasteiger partial charge in [-0.3, -0.25) is 14.4 Å². The van der Waals surface area contributed by atoms with Crippen molar-refractivity contribution in [1.82, 2.24) is 0 Å². The summed E-state index contributed by atoms with van der Waals surface area (Å²) in [5, 5.41) is 2.28. The second kappa shape index (κ2) is 9.29. The number of anilines is 1. The summed E-state index contributed by atoms with van der Waals surface area (Å²) in [5.74, 6) is -3.02. The number of methoxy groups -OCH3 is 1. The van der Waals surface area contributed by atoms with Gasteiger partial charge in [0.05, 0.1) is 28.8 Å². The van der Waals surface area contributed by atoms with Crippen LogP contribution in [0.4, 0.5) is 5.69 Å². The normalized spacial score (nSPS) is 11.8. The Labute approximate surface area is 198 Å². The summed E-state index contributed by atoms with van der Waals surface area (Å²) in [6, 6.07) is 15.0. The molecule has 0 radical (unpaired) electrons. The molecule has 3 aromatic carbocycles. The molecule has 1 aliphatic rings. The first-order chi connectivity index (χ1) is 16.3. The zero-order valence-electron chi connectivity index (χ0n) is 17.7. The van der Waals surface area contributed by atoms with E-state index in [1.54, 1.807) is 30.3 Å². The van der Waals surface area contributed by atoms with Gasteiger partial charge in [-0.1, -0.05) is 41.9 Å². The van der Waals surface area contributed by atoms with Crippen molar-refractivity contribution in [2.45, 2.75) is 0 Å². The molecule has 34 heavy (non-hydrogen) atoms. The van der Waals surface area contributed by atoms with Crippen molar-refractivity contribution in [2.75, 3.05) is 19.0 Å². The smallest absolute Gasteiger partial charge is 0.340 e. The molecule has 170 valence electrons. The van der Waals surface area contributed by atoms with E-state index in [1.165, 1.54) is 37.4 Å². The molecule has 3 aromatic rings. The second-order valence-corrected chi connectivity index (χ2v) is 7.63. The van der Waals surface area contributed by atoms with E-state index < -0.39 is 30.2 Å². The number of hydrogen-bond acceptors (Lipinski definition) is 7. The van der Waals surface area contributed by atoms with E-state index in [0.29, 0.717) is 5.69 Å². The third kappa shape index (κ3) is 4.18. The lowest BCUT2D eigenvalue weighted by atomic mass is 9.83. The first kappa shape index (κ1) is 22.9. The number of nitrogens with one attached hydrogen (secondary N) is 1. The Kier molecular flexibility index (Phi) is 6.25. The Hall–Kier alpha value is -4.30. The fourth-order valence-corrected chi connectivity index (χ4v) is 3.88. The van der Waals surface area contributed by atoms with Gasteiger partial charge < -0.3 is 14.8 Å². The van der Waals surface area contributed by atoms with Gasteiger partial charge in [-0.2, -0.15) is 0 Å². The molecule has 1 amide bonds. The van der Waals surface area contributed by atoms with Gasteiger partial charge in [0, 0.05) is 22.4 Å². The number of halogens is 1. The Morgan fingerprint density at radius 1 is 0.853 bits per heavy atom. The number of ketones is 2. The zero-order valence-corrected chi connectivity index (χ0v) is 18.5. The third-order valence-corrected chi connectivity index (χ3v) is 5.54. The summed E-state index contributed by atoms with van der Waals surface area (Å²) in [6.45, 7) is -0.648. The Morgan fingerprint density at radius 2 is 1.56 bits per heavy atom. The molecule has 0 bridgehead atoms. The van der Waals surface area contributed by atoms with Crippen LogP contribution in [0, 0.1) is 0 Å². The summed E-state index contributed by atoms with van der Waals surface area (Å²) < 4.78 is 9.67. The number of carbonyl (C=O) groups is 5. The lowest BCUT2D eigenvalue weighted by Gasteiger charge is -2.19. The topological polar surface area (TPSA) is 116 Å². The van der Waals surface area contributed by atoms with Crippen molar-refractivity contribution in [1.29, 1.82) is 0 Å². The lowest BCUT2D eigenvalue weighted by Crippen LogP contribution is -2.24. The first-order valence-corrected chi connectivity index (χ1v) is 10.4. The maximum Gasteiger partial charge on any atom is 0.340 e. The number of amides is 1. The number of benzene rings is 3. The van der Waals surface area contributed by atoms with Crippen molar-refractivity contribution in [3.05, 3.63) is 99.1 Å². The van der Waals surface area contributed by atoms with Crippen molar-refractivity contribution >= 4 is 46.7 Å². The molecule has 0 saturated carbocycles. The molecule has 1 N–H and O–H groups in total. The third-order valence-electron chi connectivity index (χ3n) is 5.15. The molecule has 0 atom stereocenters. The van der Waals surface area contributed by atoms with Gasteiger partial charge in [-0.05, 0) is 30.3 Å². The number of rotatable bonds is 5. The van der Waals surface area contributed by atoms with Crippen molar-refractivity contribution in [3.8, 4) is 0 Å². The largest absolute Gasteiger partial charge is 0.465 e. The van der Waals surface area contributed by atoms with Crippen LogP contribution >= 0.6 is 11.6 Å². The summed E-state index contributed by atoms with van der Waals surface area (Å²) in [5.41, 5.74) is 0.858. The van der Waals surface area contributed by atoms with Crippen molar-refractivity contribution < 1.29 is 33.4 Å². The van der Waals surface area contributed by atoms with Crippen LogP contribution in [0.2, 0.25) is 5.02 Å². The summed E-state index contributed by atoms with van der Waals surface area (Å²) >= 11 is 6.34. The minimum Gasteiger partial charge on any atom is -0.465 e. The van der Waals surface area contributed by atoms with E-state index in [-0.39, 0.29) is 44.2 Å². The fourth-order valence-electron chi connectivity index (χ4n) is 3.55. The number of carbonyl (C=O) groups excluding carboxylic acids is 5.